The van der Waals surface area contributed by atoms with Crippen LogP contribution in [0.2, 0.25) is 5.02 Å². The molecule has 0 aliphatic carbocycles. The number of rotatable bonds is 9. The Bertz CT molecular complexity index is 1180. The van der Waals surface area contributed by atoms with Crippen molar-refractivity contribution in [1.82, 2.24) is 15.2 Å². The summed E-state index contributed by atoms with van der Waals surface area (Å²) in [6.45, 7) is -0.529. The van der Waals surface area contributed by atoms with Crippen molar-refractivity contribution in [3.63, 3.8) is 0 Å². The van der Waals surface area contributed by atoms with Gasteiger partial charge in [0.05, 0.1) is 10.7 Å². The molecule has 12 heteroatoms. The molecule has 166 valence electrons. The second kappa shape index (κ2) is 10.7. The second-order valence-corrected chi connectivity index (χ2v) is 8.71. The number of carboxylic acids is 2. The Morgan fingerprint density at radius 3 is 2.59 bits per heavy atom. The fourth-order valence-electron chi connectivity index (χ4n) is 2.51. The first-order chi connectivity index (χ1) is 15.3. The number of hydrogen-bond acceptors (Lipinski definition) is 7. The zero-order valence-corrected chi connectivity index (χ0v) is 20.1. The fraction of sp³-hybridized carbons (Fsp3) is 0.100. The highest BCUT2D eigenvalue weighted by atomic mass is 127. The summed E-state index contributed by atoms with van der Waals surface area (Å²) < 4.78 is 11.1. The van der Waals surface area contributed by atoms with Crippen LogP contribution >= 0.6 is 46.0 Å². The molecule has 0 unspecified atom stereocenters. The molecule has 0 fully saturated rings. The number of carbonyl (C=O) groups is 2. The molecule has 32 heavy (non-hydrogen) atoms. The summed E-state index contributed by atoms with van der Waals surface area (Å²) in [5.74, 6) is -1.26. The molecule has 0 amide bonds. The van der Waals surface area contributed by atoms with Crippen LogP contribution in [0.15, 0.2) is 46.5 Å². The van der Waals surface area contributed by atoms with E-state index < -0.39 is 18.5 Å². The minimum absolute atomic E-state index is 0.0243. The Kier molecular flexibility index (Phi) is 7.99. The average molecular weight is 588 g/mol. The molecule has 2 aromatic carbocycles. The maximum Gasteiger partial charge on any atom is 0.342 e. The highest BCUT2D eigenvalue weighted by molar-refractivity contribution is 14.1. The number of aromatic nitrogens is 3. The van der Waals surface area contributed by atoms with E-state index in [1.54, 1.807) is 36.4 Å². The van der Waals surface area contributed by atoms with E-state index in [9.17, 15) is 14.7 Å². The first-order valence-electron chi connectivity index (χ1n) is 8.80. The Morgan fingerprint density at radius 2 is 1.97 bits per heavy atom. The topological polar surface area (TPSA) is 135 Å². The number of carboxylic acid groups (broad SMARTS) is 2. The summed E-state index contributed by atoms with van der Waals surface area (Å²) in [6, 6.07) is 10.2. The zero-order chi connectivity index (χ0) is 23.3. The molecule has 0 spiro atoms. The fourth-order valence-corrected chi connectivity index (χ4v) is 4.12. The van der Waals surface area contributed by atoms with Crippen molar-refractivity contribution in [1.29, 1.82) is 0 Å². The van der Waals surface area contributed by atoms with Crippen molar-refractivity contribution in [3.8, 4) is 22.9 Å². The lowest BCUT2D eigenvalue weighted by molar-refractivity contribution is -0.139. The number of hydrogen-bond donors (Lipinski definition) is 3. The van der Waals surface area contributed by atoms with Crippen molar-refractivity contribution >= 4 is 64.0 Å². The summed E-state index contributed by atoms with van der Waals surface area (Å²) in [6.07, 6.45) is 1.44. The van der Waals surface area contributed by atoms with E-state index in [0.29, 0.717) is 20.0 Å². The summed E-state index contributed by atoms with van der Waals surface area (Å²) in [7, 11) is 1.41. The third-order valence-corrected chi connectivity index (χ3v) is 5.81. The lowest BCUT2D eigenvalue weighted by Crippen LogP contribution is -2.11. The number of methoxy groups -OCH3 is 1. The van der Waals surface area contributed by atoms with E-state index in [2.05, 4.69) is 15.2 Å². The molecule has 0 radical (unpaired) electrons. The first-order valence-corrected chi connectivity index (χ1v) is 11.1. The van der Waals surface area contributed by atoms with Gasteiger partial charge in [0, 0.05) is 10.6 Å². The van der Waals surface area contributed by atoms with Crippen molar-refractivity contribution < 1.29 is 29.3 Å². The predicted molar refractivity (Wildman–Crippen MR) is 127 cm³/mol. The molecule has 0 aliphatic heterocycles. The van der Waals surface area contributed by atoms with E-state index in [1.807, 2.05) is 22.6 Å². The van der Waals surface area contributed by atoms with Crippen molar-refractivity contribution in [3.05, 3.63) is 55.5 Å². The molecule has 0 bridgehead atoms. The summed E-state index contributed by atoms with van der Waals surface area (Å²) >= 11 is 8.73. The molecule has 9 nitrogen and oxygen atoms in total. The van der Waals surface area contributed by atoms with Gasteiger partial charge in [-0.25, -0.2) is 14.6 Å². The van der Waals surface area contributed by atoms with Crippen LogP contribution in [0.5, 0.6) is 11.5 Å². The number of nitrogens with one attached hydrogen (secondary N) is 1. The highest BCUT2D eigenvalue weighted by Gasteiger charge is 2.17. The molecule has 1 heterocycles. The Balaban J connectivity index is 1.86. The van der Waals surface area contributed by atoms with E-state index in [0.717, 1.165) is 17.3 Å². The number of nitrogens with zero attached hydrogens (tertiary/aromatic N) is 2. The largest absolute Gasteiger partial charge is 0.493 e. The minimum Gasteiger partial charge on any atom is -0.493 e. The number of aliphatic carboxylic acids is 2. The van der Waals surface area contributed by atoms with Gasteiger partial charge < -0.3 is 19.7 Å². The highest BCUT2D eigenvalue weighted by Crippen LogP contribution is 2.36. The summed E-state index contributed by atoms with van der Waals surface area (Å²) in [4.78, 5) is 26.9. The van der Waals surface area contributed by atoms with Gasteiger partial charge in [-0.05, 0) is 82.4 Å². The lowest BCUT2D eigenvalue weighted by Gasteiger charge is -2.12. The smallest absolute Gasteiger partial charge is 0.342 e. The van der Waals surface area contributed by atoms with Gasteiger partial charge in [0.1, 0.15) is 4.91 Å². The van der Waals surface area contributed by atoms with E-state index in [4.69, 9.17) is 26.2 Å². The van der Waals surface area contributed by atoms with Crippen molar-refractivity contribution in [2.75, 3.05) is 13.7 Å². The minimum atomic E-state index is -1.16. The van der Waals surface area contributed by atoms with Crippen LogP contribution in [0.1, 0.15) is 5.56 Å². The first kappa shape index (κ1) is 23.9. The van der Waals surface area contributed by atoms with Gasteiger partial charge in [0.2, 0.25) is 5.16 Å². The summed E-state index contributed by atoms with van der Waals surface area (Å²) in [5.41, 5.74) is 1.28. The number of thioether (sulfide) groups is 1. The van der Waals surface area contributed by atoms with Gasteiger partial charge in [-0.2, -0.15) is 0 Å². The lowest BCUT2D eigenvalue weighted by atomic mass is 10.2. The van der Waals surface area contributed by atoms with Gasteiger partial charge in [-0.3, -0.25) is 5.10 Å². The number of ether oxygens (including phenoxy) is 2. The monoisotopic (exact) mass is 587 g/mol. The molecule has 0 saturated heterocycles. The average Bonchev–Trinajstić information content (AvgIpc) is 3.21. The van der Waals surface area contributed by atoms with E-state index in [-0.39, 0.29) is 21.6 Å². The molecule has 1 aromatic heterocycles. The van der Waals surface area contributed by atoms with E-state index >= 15 is 0 Å². The number of benzene rings is 2. The van der Waals surface area contributed by atoms with Gasteiger partial charge in [0.15, 0.2) is 23.9 Å². The number of aromatic amines is 1. The molecule has 3 rings (SSSR count). The van der Waals surface area contributed by atoms with Crippen molar-refractivity contribution in [2.24, 2.45) is 0 Å². The molecule has 0 saturated carbocycles. The van der Waals surface area contributed by atoms with Crippen LogP contribution in [0, 0.1) is 3.57 Å². The maximum absolute atomic E-state index is 11.8. The Morgan fingerprint density at radius 1 is 1.25 bits per heavy atom. The third-order valence-electron chi connectivity index (χ3n) is 3.88. The van der Waals surface area contributed by atoms with E-state index in [1.165, 1.54) is 13.2 Å². The number of H-pyrrole nitrogens is 1. The quantitative estimate of drug-likeness (QED) is 0.189. The third kappa shape index (κ3) is 6.14. The van der Waals surface area contributed by atoms with Crippen molar-refractivity contribution in [2.45, 2.75) is 5.16 Å². The normalized spacial score (nSPS) is 11.3. The van der Waals surface area contributed by atoms with Gasteiger partial charge in [-0.1, -0.05) is 11.6 Å². The van der Waals surface area contributed by atoms with Crippen LogP contribution in [-0.2, 0) is 9.59 Å². The molecule has 0 atom stereocenters. The molecule has 3 N–H and O–H groups in total. The predicted octanol–water partition coefficient (Wildman–Crippen LogP) is 4.42. The van der Waals surface area contributed by atoms with Crippen LogP contribution in [0.3, 0.4) is 0 Å². The second-order valence-electron chi connectivity index (χ2n) is 6.11. The summed E-state index contributed by atoms with van der Waals surface area (Å²) in [5, 5.41) is 26.1. The van der Waals surface area contributed by atoms with Crippen LogP contribution in [0.4, 0.5) is 0 Å². The Labute approximate surface area is 204 Å². The number of halogens is 2. The van der Waals surface area contributed by atoms with Gasteiger partial charge >= 0.3 is 11.9 Å². The molecular weight excluding hydrogens is 573 g/mol. The SMILES string of the molecule is COc1cc(/C=C(\Sc2n[nH]c(-c3ccc(Cl)cc3)n2)C(=O)O)cc(I)c1OCC(=O)O. The molecular formula is C20H15ClIN3O6S. The van der Waals surface area contributed by atoms with Crippen LogP contribution in [-0.4, -0.2) is 51.0 Å². The molecule has 3 aromatic rings. The van der Waals surface area contributed by atoms with Gasteiger partial charge in [-0.15, -0.1) is 5.10 Å². The Hall–Kier alpha value is -2.77. The standard InChI is InChI=1S/C20H15ClIN3O6S/c1-30-14-7-10(6-13(22)17(14)31-9-16(26)27)8-15(19(28)29)32-20-23-18(24-25-20)11-2-4-12(21)5-3-11/h2-8H,9H2,1H3,(H,26,27)(H,28,29)(H,23,24,25)/b15-8-. The van der Waals surface area contributed by atoms with Crippen LogP contribution < -0.4 is 9.47 Å². The van der Waals surface area contributed by atoms with Gasteiger partial charge in [0.25, 0.3) is 0 Å². The maximum atomic E-state index is 11.8. The van der Waals surface area contributed by atoms with Crippen LogP contribution in [0.25, 0.3) is 17.5 Å². The zero-order valence-electron chi connectivity index (χ0n) is 16.3. The molecule has 0 aliphatic rings.